The SMILES string of the molecule is NC(=O)C#Cc1cc(C(F)(F)F)ccn1. The molecule has 15 heavy (non-hydrogen) atoms. The predicted octanol–water partition coefficient (Wildman–Crippen LogP) is 0.937. The maximum atomic E-state index is 12.2. The van der Waals surface area contributed by atoms with Gasteiger partial charge in [-0.05, 0) is 18.1 Å². The molecule has 0 saturated carbocycles. The van der Waals surface area contributed by atoms with Crippen LogP contribution in [-0.2, 0) is 11.0 Å². The van der Waals surface area contributed by atoms with Gasteiger partial charge in [-0.25, -0.2) is 4.98 Å². The van der Waals surface area contributed by atoms with Gasteiger partial charge in [0, 0.05) is 12.1 Å². The second kappa shape index (κ2) is 4.00. The van der Waals surface area contributed by atoms with Crippen LogP contribution >= 0.6 is 0 Å². The average molecular weight is 214 g/mol. The quantitative estimate of drug-likeness (QED) is 0.653. The van der Waals surface area contributed by atoms with Crippen molar-refractivity contribution in [3.8, 4) is 11.8 Å². The van der Waals surface area contributed by atoms with Gasteiger partial charge in [0.05, 0.1) is 5.56 Å². The van der Waals surface area contributed by atoms with Gasteiger partial charge in [-0.15, -0.1) is 0 Å². The normalized spacial score (nSPS) is 10.3. The molecule has 1 rings (SSSR count). The van der Waals surface area contributed by atoms with E-state index in [0.29, 0.717) is 0 Å². The highest BCUT2D eigenvalue weighted by Crippen LogP contribution is 2.28. The molecule has 1 heterocycles. The second-order valence-electron chi connectivity index (χ2n) is 2.54. The molecule has 0 aliphatic carbocycles. The lowest BCUT2D eigenvalue weighted by Crippen LogP contribution is -2.07. The molecule has 0 aliphatic heterocycles. The van der Waals surface area contributed by atoms with Crippen molar-refractivity contribution < 1.29 is 18.0 Å². The van der Waals surface area contributed by atoms with Gasteiger partial charge in [-0.2, -0.15) is 13.2 Å². The van der Waals surface area contributed by atoms with Crippen molar-refractivity contribution >= 4 is 5.91 Å². The number of hydrogen-bond acceptors (Lipinski definition) is 2. The number of alkyl halides is 3. The van der Waals surface area contributed by atoms with Crippen LogP contribution in [-0.4, -0.2) is 10.9 Å². The van der Waals surface area contributed by atoms with E-state index >= 15 is 0 Å². The number of aromatic nitrogens is 1. The van der Waals surface area contributed by atoms with Crippen molar-refractivity contribution in [1.82, 2.24) is 4.98 Å². The second-order valence-corrected chi connectivity index (χ2v) is 2.54. The van der Waals surface area contributed by atoms with E-state index in [1.165, 1.54) is 0 Å². The summed E-state index contributed by atoms with van der Waals surface area (Å²) >= 11 is 0. The van der Waals surface area contributed by atoms with Crippen LogP contribution in [0, 0.1) is 11.8 Å². The minimum atomic E-state index is -4.45. The fraction of sp³-hybridized carbons (Fsp3) is 0.111. The van der Waals surface area contributed by atoms with E-state index in [-0.39, 0.29) is 5.69 Å². The molecule has 1 aromatic rings. The Balaban J connectivity index is 3.05. The number of nitrogens with two attached hydrogens (primary N) is 1. The standard InChI is InChI=1S/C9H5F3N2O/c10-9(11,12)6-3-4-14-7(5-6)1-2-8(13)15/h3-5H,(H2,13,15). The molecular weight excluding hydrogens is 209 g/mol. The van der Waals surface area contributed by atoms with Crippen molar-refractivity contribution in [3.05, 3.63) is 29.6 Å². The van der Waals surface area contributed by atoms with Gasteiger partial charge < -0.3 is 5.73 Å². The Morgan fingerprint density at radius 2 is 2.13 bits per heavy atom. The van der Waals surface area contributed by atoms with Crippen molar-refractivity contribution in [1.29, 1.82) is 0 Å². The van der Waals surface area contributed by atoms with Crippen molar-refractivity contribution in [3.63, 3.8) is 0 Å². The number of hydrogen-bond donors (Lipinski definition) is 1. The molecule has 6 heteroatoms. The van der Waals surface area contributed by atoms with E-state index in [4.69, 9.17) is 5.73 Å². The molecule has 3 nitrogen and oxygen atoms in total. The molecule has 0 fully saturated rings. The highest BCUT2D eigenvalue weighted by molar-refractivity contribution is 5.92. The van der Waals surface area contributed by atoms with Crippen LogP contribution in [0.15, 0.2) is 18.3 Å². The summed E-state index contributed by atoms with van der Waals surface area (Å²) in [5, 5.41) is 0. The lowest BCUT2D eigenvalue weighted by atomic mass is 10.2. The smallest absolute Gasteiger partial charge is 0.359 e. The first kappa shape index (κ1) is 11.0. The van der Waals surface area contributed by atoms with E-state index in [1.54, 1.807) is 0 Å². The Morgan fingerprint density at radius 3 is 2.67 bits per heavy atom. The Labute approximate surface area is 83.1 Å². The van der Waals surface area contributed by atoms with E-state index in [2.05, 4.69) is 10.9 Å². The molecule has 1 amide bonds. The molecule has 0 spiro atoms. The third kappa shape index (κ3) is 3.31. The lowest BCUT2D eigenvalue weighted by Gasteiger charge is -2.05. The largest absolute Gasteiger partial charge is 0.416 e. The molecule has 1 aromatic heterocycles. The Morgan fingerprint density at radius 1 is 1.47 bits per heavy atom. The molecule has 0 atom stereocenters. The summed E-state index contributed by atoms with van der Waals surface area (Å²) < 4.78 is 36.6. The van der Waals surface area contributed by atoms with Gasteiger partial charge in [-0.3, -0.25) is 4.79 Å². The summed E-state index contributed by atoms with van der Waals surface area (Å²) in [5.41, 5.74) is 3.68. The Hall–Kier alpha value is -2.03. The summed E-state index contributed by atoms with van der Waals surface area (Å²) in [6.45, 7) is 0. The minimum Gasteiger partial charge on any atom is -0.359 e. The number of amides is 1. The van der Waals surface area contributed by atoms with Crippen LogP contribution in [0.1, 0.15) is 11.3 Å². The first-order valence-corrected chi connectivity index (χ1v) is 3.74. The van der Waals surface area contributed by atoms with Gasteiger partial charge >= 0.3 is 6.18 Å². The number of carbonyl (C=O) groups excluding carboxylic acids is 1. The third-order valence-electron chi connectivity index (χ3n) is 1.40. The van der Waals surface area contributed by atoms with Crippen LogP contribution in [0.25, 0.3) is 0 Å². The number of carbonyl (C=O) groups is 1. The first-order valence-electron chi connectivity index (χ1n) is 3.74. The Kier molecular flexibility index (Phi) is 2.95. The average Bonchev–Trinajstić information content (AvgIpc) is 2.14. The van der Waals surface area contributed by atoms with Gasteiger partial charge in [0.25, 0.3) is 5.91 Å². The monoisotopic (exact) mass is 214 g/mol. The van der Waals surface area contributed by atoms with Crippen LogP contribution in [0.5, 0.6) is 0 Å². The van der Waals surface area contributed by atoms with Crippen LogP contribution in [0.4, 0.5) is 13.2 Å². The summed E-state index contributed by atoms with van der Waals surface area (Å²) in [5.74, 6) is 3.10. The van der Waals surface area contributed by atoms with E-state index in [0.717, 1.165) is 18.3 Å². The molecule has 78 valence electrons. The fourth-order valence-electron chi connectivity index (χ4n) is 0.801. The van der Waals surface area contributed by atoms with Crippen molar-refractivity contribution in [2.45, 2.75) is 6.18 Å². The molecule has 0 saturated heterocycles. The zero-order valence-electron chi connectivity index (χ0n) is 7.30. The lowest BCUT2D eigenvalue weighted by molar-refractivity contribution is -0.137. The molecule has 0 bridgehead atoms. The summed E-state index contributed by atoms with van der Waals surface area (Å²) in [7, 11) is 0. The predicted molar refractivity (Wildman–Crippen MR) is 45.3 cm³/mol. The molecule has 0 radical (unpaired) electrons. The maximum absolute atomic E-state index is 12.2. The number of rotatable bonds is 0. The van der Waals surface area contributed by atoms with E-state index in [9.17, 15) is 18.0 Å². The Bertz CT molecular complexity index is 443. The van der Waals surface area contributed by atoms with Gasteiger partial charge in [0.2, 0.25) is 0 Å². The summed E-state index contributed by atoms with van der Waals surface area (Å²) in [4.78, 5) is 13.8. The van der Waals surface area contributed by atoms with Crippen LogP contribution in [0.3, 0.4) is 0 Å². The van der Waals surface area contributed by atoms with E-state index < -0.39 is 17.6 Å². The zero-order chi connectivity index (χ0) is 11.5. The first-order chi connectivity index (χ1) is 6.89. The van der Waals surface area contributed by atoms with Gasteiger partial charge in [0.1, 0.15) is 5.69 Å². The zero-order valence-corrected chi connectivity index (χ0v) is 7.30. The van der Waals surface area contributed by atoms with Crippen molar-refractivity contribution in [2.75, 3.05) is 0 Å². The van der Waals surface area contributed by atoms with Gasteiger partial charge in [-0.1, -0.05) is 0 Å². The number of nitrogens with zero attached hydrogens (tertiary/aromatic N) is 1. The van der Waals surface area contributed by atoms with Crippen LogP contribution in [0.2, 0.25) is 0 Å². The summed E-state index contributed by atoms with van der Waals surface area (Å²) in [6, 6.07) is 1.56. The molecule has 2 N–H and O–H groups in total. The summed E-state index contributed by atoms with van der Waals surface area (Å²) in [6.07, 6.45) is -3.49. The minimum absolute atomic E-state index is 0.149. The topological polar surface area (TPSA) is 56.0 Å². The molecule has 0 aliphatic rings. The number of halogens is 3. The molecule has 0 aromatic carbocycles. The highest BCUT2D eigenvalue weighted by Gasteiger charge is 2.30. The number of pyridine rings is 1. The third-order valence-corrected chi connectivity index (χ3v) is 1.40. The fourth-order valence-corrected chi connectivity index (χ4v) is 0.801. The molecule has 0 unspecified atom stereocenters. The van der Waals surface area contributed by atoms with Gasteiger partial charge in [0.15, 0.2) is 0 Å². The number of primary amides is 1. The van der Waals surface area contributed by atoms with Crippen LogP contribution < -0.4 is 5.73 Å². The molecular formula is C9H5F3N2O. The van der Waals surface area contributed by atoms with E-state index in [1.807, 2.05) is 5.92 Å². The maximum Gasteiger partial charge on any atom is 0.416 e. The van der Waals surface area contributed by atoms with Crippen molar-refractivity contribution in [2.24, 2.45) is 5.73 Å². The highest BCUT2D eigenvalue weighted by atomic mass is 19.4.